The zero-order valence-electron chi connectivity index (χ0n) is 12.0. The zero-order valence-corrected chi connectivity index (χ0v) is 12.0. The molecule has 2 aromatic rings. The average molecular weight is 275 g/mol. The van der Waals surface area contributed by atoms with E-state index >= 15 is 0 Å². The summed E-state index contributed by atoms with van der Waals surface area (Å²) < 4.78 is 1.94. The minimum Gasteiger partial charge on any atom is -0.356 e. The third kappa shape index (κ3) is 4.03. The van der Waals surface area contributed by atoms with Crippen LogP contribution in [0.25, 0.3) is 5.65 Å². The van der Waals surface area contributed by atoms with Crippen molar-refractivity contribution in [2.45, 2.75) is 32.7 Å². The van der Waals surface area contributed by atoms with Gasteiger partial charge in [-0.05, 0) is 12.1 Å². The number of hydrogen-bond acceptors (Lipinski definition) is 4. The van der Waals surface area contributed by atoms with E-state index < -0.39 is 0 Å². The van der Waals surface area contributed by atoms with Gasteiger partial charge in [-0.3, -0.25) is 9.20 Å². The second-order valence-electron chi connectivity index (χ2n) is 5.00. The Kier molecular flexibility index (Phi) is 5.06. The first-order chi connectivity index (χ1) is 9.66. The molecule has 20 heavy (non-hydrogen) atoms. The molecule has 0 aliphatic rings. The van der Waals surface area contributed by atoms with Gasteiger partial charge < -0.3 is 10.6 Å². The smallest absolute Gasteiger partial charge is 0.221 e. The second-order valence-corrected chi connectivity index (χ2v) is 5.00. The molecule has 6 heteroatoms. The molecule has 2 rings (SSSR count). The number of aromatic nitrogens is 3. The fourth-order valence-electron chi connectivity index (χ4n) is 1.94. The molecule has 6 nitrogen and oxygen atoms in total. The number of fused-ring (bicyclic) bond motifs is 1. The summed E-state index contributed by atoms with van der Waals surface area (Å²) in [7, 11) is 0. The fourth-order valence-corrected chi connectivity index (χ4v) is 1.94. The first-order valence-electron chi connectivity index (χ1n) is 6.95. The maximum absolute atomic E-state index is 11.6. The van der Waals surface area contributed by atoms with Crippen LogP contribution in [0.5, 0.6) is 0 Å². The topological polar surface area (TPSA) is 71.3 Å². The maximum atomic E-state index is 11.6. The molecule has 0 aliphatic heterocycles. The van der Waals surface area contributed by atoms with E-state index in [0.29, 0.717) is 32.0 Å². The van der Waals surface area contributed by atoms with Gasteiger partial charge in [0.2, 0.25) is 5.91 Å². The van der Waals surface area contributed by atoms with E-state index in [-0.39, 0.29) is 5.91 Å². The lowest BCUT2D eigenvalue weighted by molar-refractivity contribution is -0.120. The Morgan fingerprint density at radius 3 is 2.95 bits per heavy atom. The molecule has 0 unspecified atom stereocenters. The van der Waals surface area contributed by atoms with Gasteiger partial charge in [-0.2, -0.15) is 0 Å². The number of pyridine rings is 1. The van der Waals surface area contributed by atoms with Crippen LogP contribution in [0, 0.1) is 0 Å². The van der Waals surface area contributed by atoms with E-state index in [1.54, 1.807) is 0 Å². The number of hydrogen-bond donors (Lipinski definition) is 2. The predicted octanol–water partition coefficient (Wildman–Crippen LogP) is 0.776. The molecule has 0 spiro atoms. The third-order valence-corrected chi connectivity index (χ3v) is 2.96. The van der Waals surface area contributed by atoms with Crippen molar-refractivity contribution in [3.8, 4) is 0 Å². The van der Waals surface area contributed by atoms with E-state index in [2.05, 4.69) is 34.7 Å². The lowest BCUT2D eigenvalue weighted by Crippen LogP contribution is -2.31. The van der Waals surface area contributed by atoms with Gasteiger partial charge in [0.15, 0.2) is 5.65 Å². The molecule has 2 heterocycles. The Bertz CT molecular complexity index is 563. The van der Waals surface area contributed by atoms with Gasteiger partial charge in [0.05, 0.1) is 0 Å². The summed E-state index contributed by atoms with van der Waals surface area (Å²) in [6.45, 7) is 5.41. The van der Waals surface area contributed by atoms with Crippen LogP contribution >= 0.6 is 0 Å². The van der Waals surface area contributed by atoms with E-state index in [9.17, 15) is 4.79 Å². The van der Waals surface area contributed by atoms with Gasteiger partial charge in [0.25, 0.3) is 0 Å². The van der Waals surface area contributed by atoms with E-state index in [1.165, 1.54) is 0 Å². The Morgan fingerprint density at radius 1 is 1.30 bits per heavy atom. The van der Waals surface area contributed by atoms with Crippen molar-refractivity contribution in [1.82, 2.24) is 25.2 Å². The van der Waals surface area contributed by atoms with Crippen LogP contribution in [-0.2, 0) is 11.2 Å². The van der Waals surface area contributed by atoms with E-state index in [1.807, 2.05) is 28.8 Å². The highest BCUT2D eigenvalue weighted by Gasteiger charge is 2.05. The third-order valence-electron chi connectivity index (χ3n) is 2.96. The van der Waals surface area contributed by atoms with Crippen molar-refractivity contribution in [3.63, 3.8) is 0 Å². The van der Waals surface area contributed by atoms with Crippen molar-refractivity contribution in [1.29, 1.82) is 0 Å². The van der Waals surface area contributed by atoms with Crippen molar-refractivity contribution in [2.75, 3.05) is 13.1 Å². The molecule has 2 N–H and O–H groups in total. The molecule has 0 saturated heterocycles. The van der Waals surface area contributed by atoms with Crippen LogP contribution < -0.4 is 10.6 Å². The minimum absolute atomic E-state index is 0.0620. The summed E-state index contributed by atoms with van der Waals surface area (Å²) in [6, 6.07) is 6.19. The van der Waals surface area contributed by atoms with Crippen LogP contribution in [0.15, 0.2) is 24.4 Å². The molecular formula is C14H21N5O. The Labute approximate surface area is 118 Å². The van der Waals surface area contributed by atoms with Crippen LogP contribution in [0.1, 0.15) is 26.1 Å². The van der Waals surface area contributed by atoms with Crippen molar-refractivity contribution >= 4 is 11.6 Å². The normalized spacial score (nSPS) is 11.2. The second kappa shape index (κ2) is 7.00. The van der Waals surface area contributed by atoms with Crippen LogP contribution in [0.3, 0.4) is 0 Å². The number of rotatable bonds is 7. The highest BCUT2D eigenvalue weighted by Crippen LogP contribution is 2.02. The van der Waals surface area contributed by atoms with E-state index in [4.69, 9.17) is 0 Å². The molecule has 0 radical (unpaired) electrons. The summed E-state index contributed by atoms with van der Waals surface area (Å²) in [5.41, 5.74) is 0.829. The first-order valence-corrected chi connectivity index (χ1v) is 6.95. The van der Waals surface area contributed by atoms with Crippen LogP contribution in [-0.4, -0.2) is 39.6 Å². The highest BCUT2D eigenvalue weighted by atomic mass is 16.1. The zero-order chi connectivity index (χ0) is 14.4. The number of nitrogens with zero attached hydrogens (tertiary/aromatic N) is 3. The number of nitrogens with one attached hydrogen (secondary N) is 2. The number of carbonyl (C=O) groups is 1. The van der Waals surface area contributed by atoms with Crippen molar-refractivity contribution in [2.24, 2.45) is 0 Å². The maximum Gasteiger partial charge on any atom is 0.221 e. The summed E-state index contributed by atoms with van der Waals surface area (Å²) in [5, 5.41) is 14.3. The van der Waals surface area contributed by atoms with Crippen molar-refractivity contribution in [3.05, 3.63) is 30.2 Å². The molecule has 0 atom stereocenters. The average Bonchev–Trinajstić information content (AvgIpc) is 2.82. The van der Waals surface area contributed by atoms with Gasteiger partial charge in [0.1, 0.15) is 5.82 Å². The fraction of sp³-hybridized carbons (Fsp3) is 0.500. The Balaban J connectivity index is 1.74. The summed E-state index contributed by atoms with van der Waals surface area (Å²) >= 11 is 0. The molecule has 0 aliphatic carbocycles. The van der Waals surface area contributed by atoms with Gasteiger partial charge in [-0.25, -0.2) is 0 Å². The van der Waals surface area contributed by atoms with E-state index in [0.717, 1.165) is 11.5 Å². The molecule has 1 amide bonds. The molecule has 0 saturated carbocycles. The summed E-state index contributed by atoms with van der Waals surface area (Å²) in [6.07, 6.45) is 3.10. The first kappa shape index (κ1) is 14.5. The number of carbonyl (C=O) groups excluding carboxylic acids is 1. The Hall–Kier alpha value is -1.95. The predicted molar refractivity (Wildman–Crippen MR) is 77.5 cm³/mol. The van der Waals surface area contributed by atoms with Crippen LogP contribution in [0.2, 0.25) is 0 Å². The minimum atomic E-state index is 0.0620. The molecule has 0 fully saturated rings. The molecule has 0 bridgehead atoms. The molecule has 2 aromatic heterocycles. The molecule has 0 aromatic carbocycles. The van der Waals surface area contributed by atoms with Crippen LogP contribution in [0.4, 0.5) is 0 Å². The van der Waals surface area contributed by atoms with Gasteiger partial charge in [-0.15, -0.1) is 10.2 Å². The lowest BCUT2D eigenvalue weighted by Gasteiger charge is -2.08. The standard InChI is InChI=1S/C14H21N5O/c1-11(2)15-9-7-14(20)16-8-6-13-18-17-12-5-3-4-10-19(12)13/h3-5,10-11,15H,6-9H2,1-2H3,(H,16,20). The summed E-state index contributed by atoms with van der Waals surface area (Å²) in [5.74, 6) is 0.924. The molecular weight excluding hydrogens is 254 g/mol. The van der Waals surface area contributed by atoms with Crippen molar-refractivity contribution < 1.29 is 4.79 Å². The SMILES string of the molecule is CC(C)NCCC(=O)NCCc1nnc2ccccn12. The largest absolute Gasteiger partial charge is 0.356 e. The summed E-state index contributed by atoms with van der Waals surface area (Å²) in [4.78, 5) is 11.6. The highest BCUT2D eigenvalue weighted by molar-refractivity contribution is 5.76. The quantitative estimate of drug-likeness (QED) is 0.783. The van der Waals surface area contributed by atoms with Gasteiger partial charge >= 0.3 is 0 Å². The lowest BCUT2D eigenvalue weighted by atomic mass is 10.3. The van der Waals surface area contributed by atoms with Gasteiger partial charge in [-0.1, -0.05) is 19.9 Å². The molecule has 108 valence electrons. The monoisotopic (exact) mass is 275 g/mol. The number of amides is 1. The van der Waals surface area contributed by atoms with Gasteiger partial charge in [0, 0.05) is 38.2 Å². The Morgan fingerprint density at radius 2 is 2.15 bits per heavy atom.